The lowest BCUT2D eigenvalue weighted by molar-refractivity contribution is -0.192. The van der Waals surface area contributed by atoms with Crippen molar-refractivity contribution in [2.75, 3.05) is 36.5 Å². The zero-order valence-electron chi connectivity index (χ0n) is 24.7. The summed E-state index contributed by atoms with van der Waals surface area (Å²) >= 11 is 0. The van der Waals surface area contributed by atoms with Gasteiger partial charge < -0.3 is 35.3 Å². The first kappa shape index (κ1) is 32.0. The van der Waals surface area contributed by atoms with E-state index in [1.807, 2.05) is 35.0 Å². The molecule has 0 aliphatic carbocycles. The van der Waals surface area contributed by atoms with Crippen LogP contribution in [0.2, 0.25) is 0 Å². The molecule has 5 N–H and O–H groups in total. The topological polar surface area (TPSA) is 164 Å². The number of carboxylic acid groups (broad SMARTS) is 1. The minimum Gasteiger partial charge on any atom is -0.475 e. The molecule has 1 saturated heterocycles. The number of nitrogens with two attached hydrogens (primary N) is 1. The molecule has 240 valence electrons. The van der Waals surface area contributed by atoms with E-state index in [1.54, 1.807) is 12.5 Å². The molecule has 46 heavy (non-hydrogen) atoms. The second kappa shape index (κ2) is 13.7. The third-order valence-electron chi connectivity index (χ3n) is 7.34. The number of nitrogens with zero attached hydrogens (tertiary/aromatic N) is 5. The molecule has 1 fully saturated rings. The lowest BCUT2D eigenvalue weighted by atomic mass is 10.0. The summed E-state index contributed by atoms with van der Waals surface area (Å²) in [4.78, 5) is 40.4. The van der Waals surface area contributed by atoms with E-state index < -0.39 is 18.1 Å². The molecule has 15 heteroatoms. The van der Waals surface area contributed by atoms with Crippen LogP contribution < -0.4 is 16.0 Å². The number of primary amides is 1. The quantitative estimate of drug-likeness (QED) is 0.188. The fourth-order valence-corrected chi connectivity index (χ4v) is 5.08. The minimum atomic E-state index is -5.08. The fraction of sp³-hybridized carbons (Fsp3) is 0.258. The number of imidazole rings is 2. The number of carboxylic acids is 1. The monoisotopic (exact) mass is 636 g/mol. The molecule has 0 bridgehead atoms. The zero-order valence-corrected chi connectivity index (χ0v) is 24.7. The summed E-state index contributed by atoms with van der Waals surface area (Å²) < 4.78 is 39.2. The number of aromatic amines is 1. The first-order chi connectivity index (χ1) is 22.0. The number of anilines is 3. The number of rotatable bonds is 8. The third kappa shape index (κ3) is 7.26. The van der Waals surface area contributed by atoms with E-state index in [2.05, 4.69) is 50.3 Å². The second-order valence-corrected chi connectivity index (χ2v) is 10.3. The lowest BCUT2D eigenvalue weighted by Gasteiger charge is -2.28. The van der Waals surface area contributed by atoms with Crippen LogP contribution in [0.25, 0.3) is 22.6 Å². The van der Waals surface area contributed by atoms with Crippen molar-refractivity contribution in [2.45, 2.75) is 26.1 Å². The van der Waals surface area contributed by atoms with Gasteiger partial charge in [-0.1, -0.05) is 19.1 Å². The molecule has 1 aliphatic heterocycles. The normalized spacial score (nSPS) is 13.3. The summed E-state index contributed by atoms with van der Waals surface area (Å²) in [5, 5.41) is 10.6. The van der Waals surface area contributed by atoms with Gasteiger partial charge in [0.25, 0.3) is 5.91 Å². The van der Waals surface area contributed by atoms with E-state index in [4.69, 9.17) is 25.4 Å². The van der Waals surface area contributed by atoms with Gasteiger partial charge >= 0.3 is 12.1 Å². The van der Waals surface area contributed by atoms with Crippen molar-refractivity contribution >= 4 is 40.1 Å². The van der Waals surface area contributed by atoms with Crippen LogP contribution in [0, 0.1) is 0 Å². The Labute approximate surface area is 261 Å². The molecular weight excluding hydrogens is 605 g/mol. The summed E-state index contributed by atoms with van der Waals surface area (Å²) in [6, 6.07) is 14.4. The summed E-state index contributed by atoms with van der Waals surface area (Å²) in [7, 11) is 0. The Bertz CT molecular complexity index is 1820. The number of fused-ring (bicyclic) bond motifs is 1. The molecule has 0 radical (unpaired) electrons. The number of ether oxygens (including phenoxy) is 1. The van der Waals surface area contributed by atoms with E-state index in [-0.39, 0.29) is 5.56 Å². The van der Waals surface area contributed by atoms with Crippen LogP contribution in [0.4, 0.5) is 30.2 Å². The average molecular weight is 637 g/mol. The van der Waals surface area contributed by atoms with Crippen LogP contribution in [-0.4, -0.2) is 74.0 Å². The highest BCUT2D eigenvalue weighted by Crippen LogP contribution is 2.33. The number of amides is 1. The van der Waals surface area contributed by atoms with Crippen molar-refractivity contribution in [3.05, 3.63) is 84.1 Å². The van der Waals surface area contributed by atoms with Crippen LogP contribution in [-0.2, 0) is 22.5 Å². The van der Waals surface area contributed by atoms with Crippen LogP contribution in [0.15, 0.2) is 67.4 Å². The van der Waals surface area contributed by atoms with Crippen molar-refractivity contribution in [1.29, 1.82) is 0 Å². The maximum Gasteiger partial charge on any atom is 0.490 e. The van der Waals surface area contributed by atoms with Crippen LogP contribution in [0.3, 0.4) is 0 Å². The molecular formula is C31H31F3N8O4. The molecule has 3 aromatic heterocycles. The first-order valence-corrected chi connectivity index (χ1v) is 14.3. The summed E-state index contributed by atoms with van der Waals surface area (Å²) in [5.74, 6) is -2.66. The van der Waals surface area contributed by atoms with Crippen LogP contribution in [0.1, 0.15) is 28.4 Å². The number of aliphatic carboxylic acids is 1. The average Bonchev–Trinajstić information content (AvgIpc) is 3.72. The first-order valence-electron chi connectivity index (χ1n) is 14.3. The maximum atomic E-state index is 12.4. The number of H-pyrrole nitrogens is 1. The molecule has 12 nitrogen and oxygen atoms in total. The van der Waals surface area contributed by atoms with Gasteiger partial charge in [-0.15, -0.1) is 0 Å². The van der Waals surface area contributed by atoms with Gasteiger partial charge in [0.2, 0.25) is 0 Å². The second-order valence-electron chi connectivity index (χ2n) is 10.3. The van der Waals surface area contributed by atoms with Gasteiger partial charge in [0.05, 0.1) is 30.8 Å². The summed E-state index contributed by atoms with van der Waals surface area (Å²) in [6.45, 7) is 6.04. The Morgan fingerprint density at radius 2 is 1.85 bits per heavy atom. The molecule has 0 atom stereocenters. The Kier molecular flexibility index (Phi) is 9.51. The zero-order chi connectivity index (χ0) is 32.8. The molecule has 0 unspecified atom stereocenters. The summed E-state index contributed by atoms with van der Waals surface area (Å²) in [5.41, 5.74) is 13.0. The highest BCUT2D eigenvalue weighted by Gasteiger charge is 2.38. The van der Waals surface area contributed by atoms with E-state index >= 15 is 0 Å². The minimum absolute atomic E-state index is 0.283. The molecule has 1 amide bonds. The standard InChI is InChI=1S/C29H30N8O2.C2HF3O2/c1-2-22-20(17-36-11-10-31-18-36)4-3-5-24(22)33-25-23(27(30)38)16-32-29-26(25)34-28(35-29)19-6-8-21(9-7-19)37-12-14-39-15-13-37;3-2(4,5)1(6)7/h3-11,16,18H,2,12-15,17H2,1H3,(H2,30,38)(H2,32,33,34,35);(H,6,7). The van der Waals surface area contributed by atoms with E-state index in [0.29, 0.717) is 29.2 Å². The third-order valence-corrected chi connectivity index (χ3v) is 7.34. The Morgan fingerprint density at radius 1 is 1.13 bits per heavy atom. The van der Waals surface area contributed by atoms with E-state index in [0.717, 1.165) is 60.8 Å². The van der Waals surface area contributed by atoms with Crippen molar-refractivity contribution in [1.82, 2.24) is 24.5 Å². The molecule has 4 heterocycles. The number of pyridine rings is 1. The van der Waals surface area contributed by atoms with Gasteiger partial charge in [-0.3, -0.25) is 4.79 Å². The number of carbonyl (C=O) groups is 2. The summed E-state index contributed by atoms with van der Waals surface area (Å²) in [6.07, 6.45) is 2.73. The van der Waals surface area contributed by atoms with Gasteiger partial charge in [0.15, 0.2) is 5.65 Å². The number of morpholine rings is 1. The fourth-order valence-electron chi connectivity index (χ4n) is 5.08. The predicted molar refractivity (Wildman–Crippen MR) is 165 cm³/mol. The van der Waals surface area contributed by atoms with Gasteiger partial charge in [0, 0.05) is 55.2 Å². The predicted octanol–water partition coefficient (Wildman–Crippen LogP) is 4.74. The van der Waals surface area contributed by atoms with Gasteiger partial charge in [0.1, 0.15) is 11.3 Å². The largest absolute Gasteiger partial charge is 0.490 e. The Hall–Kier alpha value is -5.44. The van der Waals surface area contributed by atoms with Crippen LogP contribution >= 0.6 is 0 Å². The molecule has 1 aliphatic rings. The molecule has 2 aromatic carbocycles. The number of alkyl halides is 3. The van der Waals surface area contributed by atoms with Gasteiger partial charge in [-0.05, 0) is 47.9 Å². The number of nitrogens with one attached hydrogen (secondary N) is 2. The van der Waals surface area contributed by atoms with Crippen molar-refractivity contribution in [3.63, 3.8) is 0 Å². The highest BCUT2D eigenvalue weighted by molar-refractivity contribution is 6.06. The molecule has 6 rings (SSSR count). The molecule has 0 spiro atoms. The van der Waals surface area contributed by atoms with Crippen molar-refractivity contribution < 1.29 is 32.6 Å². The SMILES string of the molecule is CCc1c(Cn2ccnc2)cccc1Nc1c(C(N)=O)cnc2[nH]c(-c3ccc(N4CCOCC4)cc3)nc12.O=C(O)C(F)(F)F. The number of benzene rings is 2. The Morgan fingerprint density at radius 3 is 2.46 bits per heavy atom. The Balaban J connectivity index is 0.000000537. The highest BCUT2D eigenvalue weighted by atomic mass is 19.4. The number of halogens is 3. The number of hydrogen-bond acceptors (Lipinski definition) is 8. The maximum absolute atomic E-state index is 12.4. The van der Waals surface area contributed by atoms with E-state index in [9.17, 15) is 18.0 Å². The lowest BCUT2D eigenvalue weighted by Crippen LogP contribution is -2.36. The number of hydrogen-bond donors (Lipinski definition) is 4. The van der Waals surface area contributed by atoms with E-state index in [1.165, 1.54) is 6.20 Å². The number of aromatic nitrogens is 5. The van der Waals surface area contributed by atoms with Gasteiger partial charge in [-0.2, -0.15) is 13.2 Å². The van der Waals surface area contributed by atoms with Crippen LogP contribution in [0.5, 0.6) is 0 Å². The molecule has 0 saturated carbocycles. The van der Waals surface area contributed by atoms with Gasteiger partial charge in [-0.25, -0.2) is 19.7 Å². The van der Waals surface area contributed by atoms with Crippen molar-refractivity contribution in [3.8, 4) is 11.4 Å². The number of carbonyl (C=O) groups excluding carboxylic acids is 1. The van der Waals surface area contributed by atoms with Crippen molar-refractivity contribution in [2.24, 2.45) is 5.73 Å². The molecule has 5 aromatic rings. The smallest absolute Gasteiger partial charge is 0.475 e.